The molecule has 3 N–H and O–H groups in total. The predicted octanol–water partition coefficient (Wildman–Crippen LogP) is 0.196. The van der Waals surface area contributed by atoms with Crippen molar-refractivity contribution in [1.29, 1.82) is 0 Å². The molecule has 0 radical (unpaired) electrons. The van der Waals surface area contributed by atoms with Gasteiger partial charge in [0.25, 0.3) is 0 Å². The zero-order valence-corrected chi connectivity index (χ0v) is 16.1. The van der Waals surface area contributed by atoms with Crippen molar-refractivity contribution in [3.05, 3.63) is 59.7 Å². The maximum Gasteiger partial charge on any atom is 0.244 e. The van der Waals surface area contributed by atoms with Gasteiger partial charge in [0, 0.05) is 13.6 Å². The first kappa shape index (κ1) is 19.5. The topological polar surface area (TPSA) is 127 Å². The normalized spacial score (nSPS) is 17.9. The van der Waals surface area contributed by atoms with Crippen molar-refractivity contribution in [3.63, 3.8) is 0 Å². The van der Waals surface area contributed by atoms with E-state index in [2.05, 4.69) is 5.32 Å². The average molecular weight is 409 g/mol. The summed E-state index contributed by atoms with van der Waals surface area (Å²) in [6.45, 7) is 0.0101. The van der Waals surface area contributed by atoms with Gasteiger partial charge in [0.15, 0.2) is 0 Å². The molecule has 2 aromatic rings. The second-order valence-corrected chi connectivity index (χ2v) is 9.62. The molecule has 1 atom stereocenters. The number of hydrogen-bond acceptors (Lipinski definition) is 5. The first-order chi connectivity index (χ1) is 12.6. The van der Waals surface area contributed by atoms with Crippen molar-refractivity contribution in [1.82, 2.24) is 9.62 Å². The Morgan fingerprint density at radius 1 is 1.04 bits per heavy atom. The van der Waals surface area contributed by atoms with E-state index in [0.29, 0.717) is 0 Å². The molecule has 0 aliphatic carbocycles. The third-order valence-corrected chi connectivity index (χ3v) is 7.26. The molecule has 0 fully saturated rings. The van der Waals surface area contributed by atoms with E-state index in [-0.39, 0.29) is 22.8 Å². The van der Waals surface area contributed by atoms with Crippen LogP contribution >= 0.6 is 0 Å². The number of hydrogen-bond donors (Lipinski definition) is 2. The summed E-state index contributed by atoms with van der Waals surface area (Å²) >= 11 is 0. The first-order valence-electron chi connectivity index (χ1n) is 8.07. The largest absolute Gasteiger partial charge is 0.358 e. The minimum Gasteiger partial charge on any atom is -0.358 e. The molecule has 0 bridgehead atoms. The van der Waals surface area contributed by atoms with Gasteiger partial charge in [-0.05, 0) is 35.7 Å². The summed E-state index contributed by atoms with van der Waals surface area (Å²) in [7, 11) is -6.76. The monoisotopic (exact) mass is 409 g/mol. The number of primary sulfonamides is 1. The summed E-state index contributed by atoms with van der Waals surface area (Å²) in [5.41, 5.74) is 1.69. The molecule has 144 valence electrons. The molecule has 1 amide bonds. The van der Waals surface area contributed by atoms with Crippen molar-refractivity contribution in [2.75, 3.05) is 7.05 Å². The van der Waals surface area contributed by atoms with Crippen molar-refractivity contribution in [2.24, 2.45) is 5.14 Å². The number of nitrogens with two attached hydrogens (primary N) is 1. The smallest absolute Gasteiger partial charge is 0.244 e. The minimum absolute atomic E-state index is 0.0101. The van der Waals surface area contributed by atoms with Gasteiger partial charge >= 0.3 is 0 Å². The zero-order chi connectivity index (χ0) is 19.8. The number of rotatable bonds is 4. The lowest BCUT2D eigenvalue weighted by Gasteiger charge is -2.34. The molecule has 2 aromatic carbocycles. The van der Waals surface area contributed by atoms with Gasteiger partial charge in [-0.2, -0.15) is 4.31 Å². The molecule has 8 nitrogen and oxygen atoms in total. The van der Waals surface area contributed by atoms with E-state index in [1.54, 1.807) is 12.1 Å². The van der Waals surface area contributed by atoms with Gasteiger partial charge in [0.05, 0.1) is 9.79 Å². The number of fused-ring (bicyclic) bond motifs is 1. The highest BCUT2D eigenvalue weighted by molar-refractivity contribution is 7.90. The number of amides is 1. The van der Waals surface area contributed by atoms with Gasteiger partial charge in [0.2, 0.25) is 26.0 Å². The van der Waals surface area contributed by atoms with E-state index >= 15 is 0 Å². The van der Waals surface area contributed by atoms with E-state index in [1.165, 1.54) is 25.2 Å². The van der Waals surface area contributed by atoms with Crippen molar-refractivity contribution in [3.8, 4) is 0 Å². The van der Waals surface area contributed by atoms with E-state index < -0.39 is 32.0 Å². The Bertz CT molecular complexity index is 1100. The maximum atomic E-state index is 13.2. The fourth-order valence-electron chi connectivity index (χ4n) is 3.09. The van der Waals surface area contributed by atoms with Crippen LogP contribution < -0.4 is 10.5 Å². The lowest BCUT2D eigenvalue weighted by atomic mass is 9.95. The average Bonchev–Trinajstić information content (AvgIpc) is 2.65. The molecule has 3 rings (SSSR count). The Balaban J connectivity index is 2.10. The van der Waals surface area contributed by atoms with Crippen LogP contribution in [-0.2, 0) is 37.8 Å². The minimum atomic E-state index is -4.14. The Morgan fingerprint density at radius 2 is 1.67 bits per heavy atom. The highest BCUT2D eigenvalue weighted by Gasteiger charge is 2.39. The molecule has 1 aliphatic rings. The van der Waals surface area contributed by atoms with Gasteiger partial charge in [-0.1, -0.05) is 30.3 Å². The van der Waals surface area contributed by atoms with Crippen LogP contribution in [0.25, 0.3) is 0 Å². The number of nitrogens with one attached hydrogen (secondary N) is 1. The van der Waals surface area contributed by atoms with Crippen molar-refractivity contribution in [2.45, 2.75) is 28.8 Å². The summed E-state index contributed by atoms with van der Waals surface area (Å²) < 4.78 is 50.7. The molecular weight excluding hydrogens is 390 g/mol. The Morgan fingerprint density at radius 3 is 2.30 bits per heavy atom. The molecule has 1 heterocycles. The molecule has 10 heteroatoms. The van der Waals surface area contributed by atoms with Gasteiger partial charge < -0.3 is 5.32 Å². The summed E-state index contributed by atoms with van der Waals surface area (Å²) in [6.07, 6.45) is 0.226. The lowest BCUT2D eigenvalue weighted by Crippen LogP contribution is -2.51. The molecule has 1 aliphatic heterocycles. The van der Waals surface area contributed by atoms with Gasteiger partial charge in [-0.25, -0.2) is 22.0 Å². The molecular formula is C17H19N3O5S2. The maximum absolute atomic E-state index is 13.2. The summed E-state index contributed by atoms with van der Waals surface area (Å²) in [6, 6.07) is 11.2. The second kappa shape index (κ2) is 7.04. The third kappa shape index (κ3) is 3.74. The molecule has 27 heavy (non-hydrogen) atoms. The Labute approximate surface area is 158 Å². The summed E-state index contributed by atoms with van der Waals surface area (Å²) in [5, 5.41) is 7.60. The number of sulfonamides is 2. The number of carbonyl (C=O) groups is 1. The van der Waals surface area contributed by atoms with Crippen molar-refractivity contribution < 1.29 is 21.6 Å². The fraction of sp³-hybridized carbons (Fsp3) is 0.235. The molecule has 0 spiro atoms. The van der Waals surface area contributed by atoms with Crippen LogP contribution in [0.1, 0.15) is 11.1 Å². The third-order valence-electron chi connectivity index (χ3n) is 4.50. The first-order valence-corrected chi connectivity index (χ1v) is 11.1. The molecule has 0 unspecified atom stereocenters. The number of carbonyl (C=O) groups excluding carboxylic acids is 1. The number of nitrogens with zero attached hydrogens (tertiary/aromatic N) is 1. The van der Waals surface area contributed by atoms with Crippen molar-refractivity contribution >= 4 is 26.0 Å². The number of likely N-dealkylation sites (N-methyl/N-ethyl adjacent to an activating group) is 1. The lowest BCUT2D eigenvalue weighted by molar-refractivity contribution is -0.124. The van der Waals surface area contributed by atoms with E-state index in [1.807, 2.05) is 12.1 Å². The summed E-state index contributed by atoms with van der Waals surface area (Å²) in [4.78, 5) is 11.8. The van der Waals surface area contributed by atoms with Gasteiger partial charge in [0.1, 0.15) is 6.04 Å². The second-order valence-electron chi connectivity index (χ2n) is 6.17. The highest BCUT2D eigenvalue weighted by atomic mass is 32.2. The highest BCUT2D eigenvalue weighted by Crippen LogP contribution is 2.29. The molecule has 0 saturated carbocycles. The van der Waals surface area contributed by atoms with Crippen LogP contribution in [-0.4, -0.2) is 40.1 Å². The van der Waals surface area contributed by atoms with E-state index in [0.717, 1.165) is 21.5 Å². The summed E-state index contributed by atoms with van der Waals surface area (Å²) in [5.74, 6) is -0.435. The fourth-order valence-corrected chi connectivity index (χ4v) is 5.33. The zero-order valence-electron chi connectivity index (χ0n) is 14.5. The predicted molar refractivity (Wildman–Crippen MR) is 98.5 cm³/mol. The van der Waals surface area contributed by atoms with Crippen LogP contribution in [0.2, 0.25) is 0 Å². The Hall–Kier alpha value is -2.27. The quantitative estimate of drug-likeness (QED) is 0.746. The van der Waals surface area contributed by atoms with E-state index in [4.69, 9.17) is 5.14 Å². The number of benzene rings is 2. The molecule has 0 aromatic heterocycles. The standard InChI is InChI=1S/C17H19N3O5S2/c1-19-17(21)16-9-12-5-2-3-6-13(12)11-20(16)27(24,25)15-8-4-7-14(10-15)26(18,22)23/h2-8,10,16H,9,11H2,1H3,(H,19,21)(H2,18,22,23)/t16-/m0/s1. The van der Waals surface area contributed by atoms with E-state index in [9.17, 15) is 21.6 Å². The molecule has 0 saturated heterocycles. The SMILES string of the molecule is CNC(=O)[C@@H]1Cc2ccccc2CN1S(=O)(=O)c1cccc(S(N)(=O)=O)c1. The van der Waals surface area contributed by atoms with Crippen LogP contribution in [0.3, 0.4) is 0 Å². The van der Waals surface area contributed by atoms with Gasteiger partial charge in [-0.3, -0.25) is 4.79 Å². The Kier molecular flexibility index (Phi) is 5.08. The van der Waals surface area contributed by atoms with Crippen LogP contribution in [0.4, 0.5) is 0 Å². The van der Waals surface area contributed by atoms with Gasteiger partial charge in [-0.15, -0.1) is 0 Å². The van der Waals surface area contributed by atoms with Crippen LogP contribution in [0, 0.1) is 0 Å². The van der Waals surface area contributed by atoms with Crippen LogP contribution in [0.15, 0.2) is 58.3 Å². The van der Waals surface area contributed by atoms with Crippen LogP contribution in [0.5, 0.6) is 0 Å².